The highest BCUT2D eigenvalue weighted by Crippen LogP contribution is 2.35. The van der Waals surface area contributed by atoms with E-state index in [1.165, 1.54) is 6.07 Å². The Hall–Kier alpha value is -2.88. The standard InChI is InChI=1S/C22H21FN2O/c1-15-6-3-4-7-18(15)21-20-8-5-11-24(20)12-13-25(21)22(26)17-9-10-19(23)16(2)14-17/h3-11,14,21H,12-13H2,1-2H3. The molecular weight excluding hydrogens is 327 g/mol. The number of aryl methyl sites for hydroxylation is 2. The Bertz CT molecular complexity index is 976. The molecule has 3 nitrogen and oxygen atoms in total. The molecule has 1 amide bonds. The predicted molar refractivity (Wildman–Crippen MR) is 99.6 cm³/mol. The second-order valence-corrected chi connectivity index (χ2v) is 6.85. The van der Waals surface area contributed by atoms with Crippen LogP contribution in [0.15, 0.2) is 60.8 Å². The Labute approximate surface area is 152 Å². The molecule has 1 aliphatic heterocycles. The van der Waals surface area contributed by atoms with Crippen LogP contribution in [-0.2, 0) is 6.54 Å². The minimum absolute atomic E-state index is 0.0613. The van der Waals surface area contributed by atoms with Crippen molar-refractivity contribution in [1.29, 1.82) is 0 Å². The molecule has 0 bridgehead atoms. The van der Waals surface area contributed by atoms with Crippen molar-refractivity contribution in [2.24, 2.45) is 0 Å². The van der Waals surface area contributed by atoms with E-state index in [4.69, 9.17) is 0 Å². The molecule has 0 saturated heterocycles. The SMILES string of the molecule is Cc1cc(C(=O)N2CCn3cccc3C2c2ccccc2C)ccc1F. The molecule has 4 heteroatoms. The predicted octanol–water partition coefficient (Wildman–Crippen LogP) is 4.49. The van der Waals surface area contributed by atoms with Crippen LogP contribution in [0.25, 0.3) is 0 Å². The number of aromatic nitrogens is 1. The molecule has 0 saturated carbocycles. The van der Waals surface area contributed by atoms with E-state index in [1.54, 1.807) is 19.1 Å². The van der Waals surface area contributed by atoms with Crippen LogP contribution in [0.4, 0.5) is 4.39 Å². The summed E-state index contributed by atoms with van der Waals surface area (Å²) >= 11 is 0. The number of halogens is 1. The van der Waals surface area contributed by atoms with Gasteiger partial charge in [-0.15, -0.1) is 0 Å². The summed E-state index contributed by atoms with van der Waals surface area (Å²) in [6.45, 7) is 5.14. The number of hydrogen-bond donors (Lipinski definition) is 0. The van der Waals surface area contributed by atoms with E-state index in [2.05, 4.69) is 35.9 Å². The Morgan fingerprint density at radius 2 is 1.81 bits per heavy atom. The van der Waals surface area contributed by atoms with Gasteiger partial charge in [0.1, 0.15) is 5.82 Å². The van der Waals surface area contributed by atoms with Crippen LogP contribution in [0.5, 0.6) is 0 Å². The van der Waals surface area contributed by atoms with Gasteiger partial charge in [0.05, 0.1) is 6.04 Å². The van der Waals surface area contributed by atoms with Crippen molar-refractivity contribution in [3.8, 4) is 0 Å². The van der Waals surface area contributed by atoms with E-state index in [0.29, 0.717) is 17.7 Å². The Morgan fingerprint density at radius 3 is 2.58 bits per heavy atom. The Morgan fingerprint density at radius 1 is 1.00 bits per heavy atom. The number of carbonyl (C=O) groups excluding carboxylic acids is 1. The van der Waals surface area contributed by atoms with Gasteiger partial charge in [-0.2, -0.15) is 0 Å². The third kappa shape index (κ3) is 2.71. The van der Waals surface area contributed by atoms with E-state index in [1.807, 2.05) is 23.1 Å². The van der Waals surface area contributed by atoms with Crippen LogP contribution in [-0.4, -0.2) is 21.9 Å². The first kappa shape index (κ1) is 16.6. The van der Waals surface area contributed by atoms with Gasteiger partial charge in [0.25, 0.3) is 5.91 Å². The van der Waals surface area contributed by atoms with Crippen molar-refractivity contribution in [1.82, 2.24) is 9.47 Å². The lowest BCUT2D eigenvalue weighted by Gasteiger charge is -2.38. The molecule has 132 valence electrons. The number of fused-ring (bicyclic) bond motifs is 1. The van der Waals surface area contributed by atoms with Crippen LogP contribution in [0.1, 0.15) is 38.8 Å². The lowest BCUT2D eigenvalue weighted by atomic mass is 9.95. The number of nitrogens with zero attached hydrogens (tertiary/aromatic N) is 2. The van der Waals surface area contributed by atoms with Gasteiger partial charge in [0, 0.05) is 30.5 Å². The van der Waals surface area contributed by atoms with Crippen LogP contribution >= 0.6 is 0 Å². The summed E-state index contributed by atoms with van der Waals surface area (Å²) in [6, 6.07) is 16.7. The molecule has 1 atom stereocenters. The smallest absolute Gasteiger partial charge is 0.254 e. The minimum Gasteiger partial charge on any atom is -0.348 e. The topological polar surface area (TPSA) is 25.2 Å². The van der Waals surface area contributed by atoms with Gasteiger partial charge in [-0.1, -0.05) is 24.3 Å². The van der Waals surface area contributed by atoms with E-state index < -0.39 is 0 Å². The van der Waals surface area contributed by atoms with E-state index >= 15 is 0 Å². The fourth-order valence-electron chi connectivity index (χ4n) is 3.77. The number of benzene rings is 2. The molecule has 4 rings (SSSR count). The largest absolute Gasteiger partial charge is 0.348 e. The number of hydrogen-bond acceptors (Lipinski definition) is 1. The van der Waals surface area contributed by atoms with Crippen LogP contribution in [0, 0.1) is 19.7 Å². The van der Waals surface area contributed by atoms with Crippen molar-refractivity contribution in [2.75, 3.05) is 6.54 Å². The maximum Gasteiger partial charge on any atom is 0.254 e. The molecule has 2 heterocycles. The number of carbonyl (C=O) groups is 1. The number of amides is 1. The molecule has 2 aromatic carbocycles. The van der Waals surface area contributed by atoms with Crippen molar-refractivity contribution in [3.63, 3.8) is 0 Å². The van der Waals surface area contributed by atoms with E-state index in [9.17, 15) is 9.18 Å². The van der Waals surface area contributed by atoms with Gasteiger partial charge in [0.15, 0.2) is 0 Å². The Balaban J connectivity index is 1.80. The summed E-state index contributed by atoms with van der Waals surface area (Å²) in [4.78, 5) is 15.2. The molecule has 1 aromatic heterocycles. The monoisotopic (exact) mass is 348 g/mol. The van der Waals surface area contributed by atoms with Crippen molar-refractivity contribution >= 4 is 5.91 Å². The molecule has 1 unspecified atom stereocenters. The third-order valence-corrected chi connectivity index (χ3v) is 5.19. The maximum absolute atomic E-state index is 13.6. The summed E-state index contributed by atoms with van der Waals surface area (Å²) < 4.78 is 15.8. The van der Waals surface area contributed by atoms with E-state index in [-0.39, 0.29) is 17.8 Å². The zero-order chi connectivity index (χ0) is 18.3. The molecule has 0 N–H and O–H groups in total. The maximum atomic E-state index is 13.6. The lowest BCUT2D eigenvalue weighted by molar-refractivity contribution is 0.0663. The van der Waals surface area contributed by atoms with Gasteiger partial charge in [-0.05, 0) is 60.9 Å². The quantitative estimate of drug-likeness (QED) is 0.670. The van der Waals surface area contributed by atoms with Crippen molar-refractivity contribution in [2.45, 2.75) is 26.4 Å². The second-order valence-electron chi connectivity index (χ2n) is 6.85. The summed E-state index contributed by atoms with van der Waals surface area (Å²) in [7, 11) is 0. The molecule has 26 heavy (non-hydrogen) atoms. The summed E-state index contributed by atoms with van der Waals surface area (Å²) in [5.41, 5.74) is 4.41. The first-order valence-electron chi connectivity index (χ1n) is 8.84. The molecule has 1 aliphatic rings. The number of rotatable bonds is 2. The molecule has 3 aromatic rings. The first-order chi connectivity index (χ1) is 12.6. The van der Waals surface area contributed by atoms with Gasteiger partial charge in [-0.3, -0.25) is 4.79 Å². The molecule has 0 radical (unpaired) electrons. The molecule has 0 fully saturated rings. The summed E-state index contributed by atoms with van der Waals surface area (Å²) in [5.74, 6) is -0.349. The summed E-state index contributed by atoms with van der Waals surface area (Å²) in [5, 5.41) is 0. The zero-order valence-electron chi connectivity index (χ0n) is 14.9. The van der Waals surface area contributed by atoms with Gasteiger partial charge in [-0.25, -0.2) is 4.39 Å². The van der Waals surface area contributed by atoms with Crippen LogP contribution in [0.3, 0.4) is 0 Å². The highest BCUT2D eigenvalue weighted by Gasteiger charge is 2.33. The van der Waals surface area contributed by atoms with E-state index in [0.717, 1.165) is 23.4 Å². The summed E-state index contributed by atoms with van der Waals surface area (Å²) in [6.07, 6.45) is 2.06. The van der Waals surface area contributed by atoms with Crippen molar-refractivity contribution < 1.29 is 9.18 Å². The van der Waals surface area contributed by atoms with Gasteiger partial charge < -0.3 is 9.47 Å². The van der Waals surface area contributed by atoms with Crippen LogP contribution in [0.2, 0.25) is 0 Å². The molecule has 0 aliphatic carbocycles. The average molecular weight is 348 g/mol. The normalized spacial score (nSPS) is 16.4. The fraction of sp³-hybridized carbons (Fsp3) is 0.227. The zero-order valence-corrected chi connectivity index (χ0v) is 14.9. The minimum atomic E-state index is -0.287. The fourth-order valence-corrected chi connectivity index (χ4v) is 3.77. The molecular formula is C22H21FN2O. The lowest BCUT2D eigenvalue weighted by Crippen LogP contribution is -2.42. The van der Waals surface area contributed by atoms with Gasteiger partial charge >= 0.3 is 0 Å². The second kappa shape index (κ2) is 6.45. The highest BCUT2D eigenvalue weighted by atomic mass is 19.1. The van der Waals surface area contributed by atoms with Crippen LogP contribution < -0.4 is 0 Å². The average Bonchev–Trinajstić information content (AvgIpc) is 3.12. The van der Waals surface area contributed by atoms with Crippen molar-refractivity contribution in [3.05, 3.63) is 94.6 Å². The third-order valence-electron chi connectivity index (χ3n) is 5.19. The van der Waals surface area contributed by atoms with Gasteiger partial charge in [0.2, 0.25) is 0 Å². The first-order valence-corrected chi connectivity index (χ1v) is 8.84. The Kier molecular flexibility index (Phi) is 4.11. The highest BCUT2D eigenvalue weighted by molar-refractivity contribution is 5.95. The molecule has 0 spiro atoms.